The van der Waals surface area contributed by atoms with E-state index in [9.17, 15) is 8.42 Å². The van der Waals surface area contributed by atoms with E-state index in [1.54, 1.807) is 24.5 Å². The van der Waals surface area contributed by atoms with E-state index < -0.39 is 10.0 Å². The van der Waals surface area contributed by atoms with Crippen LogP contribution in [0.3, 0.4) is 0 Å². The molecule has 0 radical (unpaired) electrons. The van der Waals surface area contributed by atoms with Crippen molar-refractivity contribution in [1.82, 2.24) is 14.7 Å². The van der Waals surface area contributed by atoms with Crippen molar-refractivity contribution in [3.8, 4) is 0 Å². The Morgan fingerprint density at radius 2 is 2.05 bits per heavy atom. The van der Waals surface area contributed by atoms with Crippen LogP contribution in [0.1, 0.15) is 24.9 Å². The Labute approximate surface area is 128 Å². The van der Waals surface area contributed by atoms with E-state index in [1.165, 1.54) is 12.3 Å². The van der Waals surface area contributed by atoms with Gasteiger partial charge in [0.1, 0.15) is 10.7 Å². The lowest BCUT2D eigenvalue weighted by Crippen LogP contribution is -2.29. The summed E-state index contributed by atoms with van der Waals surface area (Å²) in [5.41, 5.74) is 6.46. The van der Waals surface area contributed by atoms with Gasteiger partial charge in [0, 0.05) is 24.6 Å². The molecule has 0 aromatic carbocycles. The summed E-state index contributed by atoms with van der Waals surface area (Å²) in [5.74, 6) is -0.0866. The molecule has 0 fully saturated rings. The molecule has 8 heteroatoms. The van der Waals surface area contributed by atoms with Crippen LogP contribution >= 0.6 is 11.6 Å². The molecular formula is C13H15ClN4O2S. The number of nitrogens with one attached hydrogen (secondary N) is 1. The van der Waals surface area contributed by atoms with Crippen LogP contribution in [0, 0.1) is 0 Å². The van der Waals surface area contributed by atoms with Crippen LogP contribution in [-0.2, 0) is 10.0 Å². The fourth-order valence-corrected chi connectivity index (χ4v) is 3.52. The highest BCUT2D eigenvalue weighted by Gasteiger charge is 2.23. The van der Waals surface area contributed by atoms with Crippen molar-refractivity contribution in [2.45, 2.75) is 24.3 Å². The van der Waals surface area contributed by atoms with Crippen molar-refractivity contribution in [2.75, 3.05) is 5.73 Å². The predicted octanol–water partition coefficient (Wildman–Crippen LogP) is 2.14. The van der Waals surface area contributed by atoms with Gasteiger partial charge in [-0.15, -0.1) is 0 Å². The van der Waals surface area contributed by atoms with Gasteiger partial charge in [-0.25, -0.2) is 18.1 Å². The Hall–Kier alpha value is -1.70. The first-order valence-corrected chi connectivity index (χ1v) is 8.13. The second kappa shape index (κ2) is 6.38. The molecule has 21 heavy (non-hydrogen) atoms. The van der Waals surface area contributed by atoms with Gasteiger partial charge in [-0.3, -0.25) is 4.98 Å². The molecule has 112 valence electrons. The molecule has 2 rings (SSSR count). The summed E-state index contributed by atoms with van der Waals surface area (Å²) in [6.45, 7) is 1.88. The fraction of sp³-hybridized carbons (Fsp3) is 0.231. The maximum absolute atomic E-state index is 12.4. The van der Waals surface area contributed by atoms with Crippen molar-refractivity contribution in [3.05, 3.63) is 47.4 Å². The molecule has 0 unspecified atom stereocenters. The average Bonchev–Trinajstić information content (AvgIpc) is 2.48. The normalized spacial score (nSPS) is 13.0. The van der Waals surface area contributed by atoms with Gasteiger partial charge in [0.05, 0.1) is 5.02 Å². The highest BCUT2D eigenvalue weighted by atomic mass is 35.5. The lowest BCUT2D eigenvalue weighted by molar-refractivity contribution is 0.550. The van der Waals surface area contributed by atoms with Gasteiger partial charge in [0.15, 0.2) is 0 Å². The Balaban J connectivity index is 2.34. The molecular weight excluding hydrogens is 312 g/mol. The monoisotopic (exact) mass is 326 g/mol. The molecule has 0 aliphatic carbocycles. The van der Waals surface area contributed by atoms with Crippen LogP contribution in [0.25, 0.3) is 0 Å². The molecule has 3 N–H and O–H groups in total. The lowest BCUT2D eigenvalue weighted by atomic mass is 10.1. The molecule has 0 saturated carbocycles. The number of aromatic nitrogens is 2. The zero-order valence-corrected chi connectivity index (χ0v) is 12.9. The minimum atomic E-state index is -3.82. The average molecular weight is 327 g/mol. The summed E-state index contributed by atoms with van der Waals surface area (Å²) in [4.78, 5) is 7.56. The van der Waals surface area contributed by atoms with Crippen LogP contribution in [-0.4, -0.2) is 18.4 Å². The third-order valence-electron chi connectivity index (χ3n) is 2.95. The Bertz CT molecular complexity index is 722. The van der Waals surface area contributed by atoms with E-state index in [2.05, 4.69) is 14.7 Å². The van der Waals surface area contributed by atoms with Crippen molar-refractivity contribution in [3.63, 3.8) is 0 Å². The molecule has 2 heterocycles. The molecule has 0 amide bonds. The summed E-state index contributed by atoms with van der Waals surface area (Å²) in [5, 5.41) is 0.210. The van der Waals surface area contributed by atoms with E-state index in [1.807, 2.05) is 6.92 Å². The summed E-state index contributed by atoms with van der Waals surface area (Å²) in [7, 11) is -3.82. The van der Waals surface area contributed by atoms with E-state index in [-0.39, 0.29) is 21.8 Å². The van der Waals surface area contributed by atoms with Gasteiger partial charge in [-0.1, -0.05) is 18.5 Å². The van der Waals surface area contributed by atoms with Crippen molar-refractivity contribution >= 4 is 27.4 Å². The maximum atomic E-state index is 12.4. The highest BCUT2D eigenvalue weighted by molar-refractivity contribution is 7.89. The third kappa shape index (κ3) is 3.69. The van der Waals surface area contributed by atoms with Gasteiger partial charge in [0.2, 0.25) is 10.0 Å². The zero-order valence-electron chi connectivity index (χ0n) is 11.3. The van der Waals surface area contributed by atoms with E-state index >= 15 is 0 Å². The first-order valence-electron chi connectivity index (χ1n) is 6.27. The van der Waals surface area contributed by atoms with Crippen LogP contribution < -0.4 is 10.5 Å². The smallest absolute Gasteiger partial charge is 0.244 e. The Morgan fingerprint density at radius 3 is 2.67 bits per heavy atom. The van der Waals surface area contributed by atoms with Gasteiger partial charge >= 0.3 is 0 Å². The summed E-state index contributed by atoms with van der Waals surface area (Å²) in [6, 6.07) is 4.43. The van der Waals surface area contributed by atoms with E-state index in [0.29, 0.717) is 6.42 Å². The van der Waals surface area contributed by atoms with Crippen LogP contribution in [0.5, 0.6) is 0 Å². The highest BCUT2D eigenvalue weighted by Crippen LogP contribution is 2.24. The minimum Gasteiger partial charge on any atom is -0.383 e. The minimum absolute atomic E-state index is 0.0866. The number of anilines is 1. The summed E-state index contributed by atoms with van der Waals surface area (Å²) < 4.78 is 27.5. The van der Waals surface area contributed by atoms with Crippen molar-refractivity contribution in [1.29, 1.82) is 0 Å². The number of nitrogens with zero attached hydrogens (tertiary/aromatic N) is 2. The van der Waals surface area contributed by atoms with Crippen LogP contribution in [0.2, 0.25) is 5.02 Å². The lowest BCUT2D eigenvalue weighted by Gasteiger charge is -2.18. The fourth-order valence-electron chi connectivity index (χ4n) is 1.88. The van der Waals surface area contributed by atoms with Crippen LogP contribution in [0.4, 0.5) is 5.82 Å². The summed E-state index contributed by atoms with van der Waals surface area (Å²) >= 11 is 5.79. The number of pyridine rings is 2. The number of sulfonamides is 1. The number of nitrogen functional groups attached to an aromatic ring is 1. The molecule has 2 aromatic heterocycles. The van der Waals surface area contributed by atoms with Crippen molar-refractivity contribution < 1.29 is 8.42 Å². The third-order valence-corrected chi connectivity index (χ3v) is 4.66. The number of nitrogens with two attached hydrogens (primary N) is 1. The molecule has 0 saturated heterocycles. The quantitative estimate of drug-likeness (QED) is 0.877. The molecule has 0 bridgehead atoms. The van der Waals surface area contributed by atoms with E-state index in [4.69, 9.17) is 17.3 Å². The Morgan fingerprint density at radius 1 is 1.38 bits per heavy atom. The molecule has 0 aliphatic heterocycles. The summed E-state index contributed by atoms with van der Waals surface area (Å²) in [6.07, 6.45) is 5.11. The predicted molar refractivity (Wildman–Crippen MR) is 81.2 cm³/mol. The first-order chi connectivity index (χ1) is 9.94. The first kappa shape index (κ1) is 15.7. The molecule has 0 spiro atoms. The van der Waals surface area contributed by atoms with Gasteiger partial charge in [0.25, 0.3) is 0 Å². The number of hydrogen-bond donors (Lipinski definition) is 2. The molecule has 6 nitrogen and oxygen atoms in total. The SMILES string of the molecule is CC[C@H](NS(=O)(=O)c1cc(Cl)cnc1N)c1ccncc1. The topological polar surface area (TPSA) is 98.0 Å². The van der Waals surface area contributed by atoms with Crippen molar-refractivity contribution in [2.24, 2.45) is 0 Å². The van der Waals surface area contributed by atoms with Gasteiger partial charge < -0.3 is 5.73 Å². The molecule has 1 atom stereocenters. The second-order valence-corrected chi connectivity index (χ2v) is 6.52. The second-order valence-electron chi connectivity index (χ2n) is 4.40. The molecule has 0 aliphatic rings. The van der Waals surface area contributed by atoms with Gasteiger partial charge in [-0.2, -0.15) is 0 Å². The van der Waals surface area contributed by atoms with E-state index in [0.717, 1.165) is 5.56 Å². The zero-order chi connectivity index (χ0) is 15.5. The number of hydrogen-bond acceptors (Lipinski definition) is 5. The van der Waals surface area contributed by atoms with Crippen LogP contribution in [0.15, 0.2) is 41.7 Å². The Kier molecular flexibility index (Phi) is 4.76. The van der Waals surface area contributed by atoms with Gasteiger partial charge in [-0.05, 0) is 30.2 Å². The maximum Gasteiger partial charge on any atom is 0.244 e. The largest absolute Gasteiger partial charge is 0.383 e. The standard InChI is InChI=1S/C13H15ClN4O2S/c1-2-11(9-3-5-16-6-4-9)18-21(19,20)12-7-10(14)8-17-13(12)15/h3-8,11,18H,2H2,1H3,(H2,15,17)/t11-/m0/s1. The number of halogens is 1. The number of rotatable bonds is 5. The molecule has 2 aromatic rings.